The topological polar surface area (TPSA) is 68.5 Å². The summed E-state index contributed by atoms with van der Waals surface area (Å²) in [7, 11) is 0. The smallest absolute Gasteiger partial charge is 0.303 e. The number of fused-ring (bicyclic) bond motifs is 1. The van der Waals surface area contributed by atoms with Gasteiger partial charge in [-0.2, -0.15) is 5.26 Å². The van der Waals surface area contributed by atoms with E-state index in [1.54, 1.807) is 0 Å². The summed E-state index contributed by atoms with van der Waals surface area (Å²) in [6.07, 6.45) is 4.68. The Balaban J connectivity index is 1.72. The Morgan fingerprint density at radius 3 is 3.00 bits per heavy atom. The number of carbonyl (C=O) groups is 1. The molecular weight excluding hydrogens is 338 g/mol. The van der Waals surface area contributed by atoms with E-state index in [1.165, 1.54) is 6.92 Å². The van der Waals surface area contributed by atoms with Crippen molar-refractivity contribution in [2.45, 2.75) is 80.3 Å². The van der Waals surface area contributed by atoms with Gasteiger partial charge in [-0.15, -0.1) is 0 Å². The van der Waals surface area contributed by atoms with Gasteiger partial charge >= 0.3 is 5.97 Å². The first kappa shape index (κ1) is 15.3. The van der Waals surface area contributed by atoms with Crippen molar-refractivity contribution in [1.82, 2.24) is 0 Å². The quantitative estimate of drug-likeness (QED) is 0.573. The zero-order valence-corrected chi connectivity index (χ0v) is 13.7. The molecule has 0 amide bonds. The Morgan fingerprint density at radius 2 is 2.29 bits per heavy atom. The van der Waals surface area contributed by atoms with E-state index < -0.39 is 0 Å². The van der Waals surface area contributed by atoms with Crippen LogP contribution in [0.25, 0.3) is 0 Å². The Morgan fingerprint density at radius 1 is 1.48 bits per heavy atom. The lowest BCUT2D eigenvalue weighted by atomic mass is 9.77. The van der Waals surface area contributed by atoms with Crippen molar-refractivity contribution < 1.29 is 19.0 Å². The SMILES string of the molecule is CC(=O)O[C@@H]1C(Br)C[C@]23CC1OC2CCC(CCC#N)O3. The maximum Gasteiger partial charge on any atom is 0.303 e. The van der Waals surface area contributed by atoms with Gasteiger partial charge in [0.25, 0.3) is 0 Å². The summed E-state index contributed by atoms with van der Waals surface area (Å²) >= 11 is 3.64. The number of esters is 1. The third-order valence-electron chi connectivity index (χ3n) is 4.77. The molecule has 0 N–H and O–H groups in total. The zero-order valence-electron chi connectivity index (χ0n) is 12.1. The second-order valence-electron chi connectivity index (χ2n) is 6.24. The van der Waals surface area contributed by atoms with E-state index in [-0.39, 0.29) is 40.8 Å². The summed E-state index contributed by atoms with van der Waals surface area (Å²) < 4.78 is 17.9. The molecule has 3 aliphatic rings. The fraction of sp³-hybridized carbons (Fsp3) is 0.867. The first-order valence-electron chi connectivity index (χ1n) is 7.55. The number of alkyl halides is 1. The molecule has 116 valence electrons. The van der Waals surface area contributed by atoms with Gasteiger partial charge in [-0.05, 0) is 25.7 Å². The predicted molar refractivity (Wildman–Crippen MR) is 77.8 cm³/mol. The molecule has 6 heteroatoms. The molecule has 2 saturated heterocycles. The number of nitrogens with zero attached hydrogens (tertiary/aromatic N) is 1. The lowest BCUT2D eigenvalue weighted by Crippen LogP contribution is -2.53. The van der Waals surface area contributed by atoms with Crippen molar-refractivity contribution in [2.75, 3.05) is 0 Å². The van der Waals surface area contributed by atoms with Gasteiger partial charge in [-0.1, -0.05) is 15.9 Å². The van der Waals surface area contributed by atoms with Crippen LogP contribution in [0, 0.1) is 11.3 Å². The van der Waals surface area contributed by atoms with Crippen molar-refractivity contribution >= 4 is 21.9 Å². The largest absolute Gasteiger partial charge is 0.459 e. The number of rotatable bonds is 3. The second-order valence-corrected chi connectivity index (χ2v) is 7.42. The molecule has 0 aromatic rings. The van der Waals surface area contributed by atoms with Crippen LogP contribution in [0.1, 0.15) is 45.4 Å². The van der Waals surface area contributed by atoms with Gasteiger partial charge in [-0.3, -0.25) is 4.79 Å². The normalized spacial score (nSPS) is 44.7. The van der Waals surface area contributed by atoms with Crippen LogP contribution in [0.4, 0.5) is 0 Å². The van der Waals surface area contributed by atoms with E-state index in [0.717, 1.165) is 32.1 Å². The molecule has 4 unspecified atom stereocenters. The second kappa shape index (κ2) is 5.86. The molecule has 1 spiro atoms. The van der Waals surface area contributed by atoms with E-state index >= 15 is 0 Å². The lowest BCUT2D eigenvalue weighted by molar-refractivity contribution is -0.166. The third-order valence-corrected chi connectivity index (χ3v) is 5.61. The highest BCUT2D eigenvalue weighted by Crippen LogP contribution is 2.51. The Hall–Kier alpha value is -0.640. The molecular formula is C15H20BrNO4. The summed E-state index contributed by atoms with van der Waals surface area (Å²) in [5, 5.41) is 8.73. The maximum absolute atomic E-state index is 11.3. The molecule has 0 radical (unpaired) electrons. The molecule has 3 fully saturated rings. The molecule has 21 heavy (non-hydrogen) atoms. The maximum atomic E-state index is 11.3. The highest BCUT2D eigenvalue weighted by Gasteiger charge is 2.60. The molecule has 6 atom stereocenters. The van der Waals surface area contributed by atoms with Gasteiger partial charge in [0, 0.05) is 19.8 Å². The summed E-state index contributed by atoms with van der Waals surface area (Å²) in [6.45, 7) is 1.43. The summed E-state index contributed by atoms with van der Waals surface area (Å²) in [4.78, 5) is 11.3. The molecule has 0 aromatic heterocycles. The number of carbonyl (C=O) groups excluding carboxylic acids is 1. The minimum Gasteiger partial charge on any atom is -0.459 e. The van der Waals surface area contributed by atoms with E-state index in [9.17, 15) is 4.79 Å². The van der Waals surface area contributed by atoms with Crippen LogP contribution in [-0.2, 0) is 19.0 Å². The van der Waals surface area contributed by atoms with Gasteiger partial charge in [-0.25, -0.2) is 0 Å². The summed E-state index contributed by atoms with van der Waals surface area (Å²) in [6, 6.07) is 2.19. The fourth-order valence-electron chi connectivity index (χ4n) is 3.94. The van der Waals surface area contributed by atoms with Crippen LogP contribution in [-0.4, -0.2) is 40.8 Å². The van der Waals surface area contributed by atoms with Crippen LogP contribution in [0.15, 0.2) is 0 Å². The van der Waals surface area contributed by atoms with Crippen LogP contribution < -0.4 is 0 Å². The number of hydrogen-bond donors (Lipinski definition) is 0. The molecule has 2 bridgehead atoms. The van der Waals surface area contributed by atoms with Gasteiger partial charge in [0.2, 0.25) is 0 Å². The predicted octanol–water partition coefficient (Wildman–Crippen LogP) is 2.46. The monoisotopic (exact) mass is 357 g/mol. The fourth-order valence-corrected chi connectivity index (χ4v) is 4.94. The summed E-state index contributed by atoms with van der Waals surface area (Å²) in [5.41, 5.74) is -0.270. The van der Waals surface area contributed by atoms with Gasteiger partial charge in [0.1, 0.15) is 6.10 Å². The minimum atomic E-state index is -0.272. The van der Waals surface area contributed by atoms with Crippen molar-refractivity contribution in [1.29, 1.82) is 5.26 Å². The van der Waals surface area contributed by atoms with E-state index in [4.69, 9.17) is 19.5 Å². The molecule has 5 nitrogen and oxygen atoms in total. The molecule has 1 aliphatic carbocycles. The van der Waals surface area contributed by atoms with Crippen molar-refractivity contribution in [3.8, 4) is 6.07 Å². The summed E-state index contributed by atoms with van der Waals surface area (Å²) in [5.74, 6) is -0.272. The van der Waals surface area contributed by atoms with Crippen molar-refractivity contribution in [2.24, 2.45) is 0 Å². The lowest BCUT2D eigenvalue weighted by Gasteiger charge is -2.45. The number of halogens is 1. The third kappa shape index (κ3) is 2.84. The Kier molecular flexibility index (Phi) is 4.26. The highest BCUT2D eigenvalue weighted by molar-refractivity contribution is 9.09. The average Bonchev–Trinajstić information content (AvgIpc) is 2.74. The standard InChI is InChI=1S/C15H20BrNO4/c1-9(18)19-14-11(16)7-15-8-12(14)20-13(15)5-4-10(21-15)3-2-6-17/h10-14H,2-5,7-8H2,1H3/t10?,11?,12?,13?,14-,15+/m1/s1. The average molecular weight is 358 g/mol. The van der Waals surface area contributed by atoms with Gasteiger partial charge in [0.15, 0.2) is 0 Å². The van der Waals surface area contributed by atoms with Crippen LogP contribution in [0.5, 0.6) is 0 Å². The van der Waals surface area contributed by atoms with Gasteiger partial charge < -0.3 is 14.2 Å². The number of ether oxygens (including phenoxy) is 3. The number of hydrogen-bond acceptors (Lipinski definition) is 5. The van der Waals surface area contributed by atoms with Crippen LogP contribution in [0.2, 0.25) is 0 Å². The molecule has 2 aliphatic heterocycles. The highest BCUT2D eigenvalue weighted by atomic mass is 79.9. The minimum absolute atomic E-state index is 0.0554. The van der Waals surface area contributed by atoms with Crippen molar-refractivity contribution in [3.63, 3.8) is 0 Å². The van der Waals surface area contributed by atoms with Crippen molar-refractivity contribution in [3.05, 3.63) is 0 Å². The molecule has 0 aromatic carbocycles. The molecule has 3 rings (SSSR count). The van der Waals surface area contributed by atoms with Crippen LogP contribution in [0.3, 0.4) is 0 Å². The molecule has 1 saturated carbocycles. The van der Waals surface area contributed by atoms with E-state index in [2.05, 4.69) is 22.0 Å². The number of nitriles is 1. The van der Waals surface area contributed by atoms with Crippen LogP contribution >= 0.6 is 15.9 Å². The molecule has 2 heterocycles. The first-order valence-corrected chi connectivity index (χ1v) is 8.47. The zero-order chi connectivity index (χ0) is 15.0. The first-order chi connectivity index (χ1) is 10.0. The van der Waals surface area contributed by atoms with Gasteiger partial charge in [0.05, 0.1) is 34.8 Å². The Labute approximate surface area is 133 Å². The van der Waals surface area contributed by atoms with E-state index in [0.29, 0.717) is 6.42 Å². The van der Waals surface area contributed by atoms with E-state index in [1.807, 2.05) is 0 Å². The Bertz CT molecular complexity index is 465.